The second-order valence-electron chi connectivity index (χ2n) is 7.09. The summed E-state index contributed by atoms with van der Waals surface area (Å²) in [7, 11) is 1.59. The van der Waals surface area contributed by atoms with Crippen LogP contribution in [0.1, 0.15) is 16.7 Å². The van der Waals surface area contributed by atoms with Gasteiger partial charge in [0.1, 0.15) is 11.3 Å². The van der Waals surface area contributed by atoms with Crippen molar-refractivity contribution in [3.8, 4) is 5.75 Å². The molecule has 1 aliphatic rings. The highest BCUT2D eigenvalue weighted by Crippen LogP contribution is 2.35. The van der Waals surface area contributed by atoms with Crippen molar-refractivity contribution < 1.29 is 13.9 Å². The van der Waals surface area contributed by atoms with Crippen LogP contribution in [-0.4, -0.2) is 25.6 Å². The highest BCUT2D eigenvalue weighted by molar-refractivity contribution is 5.84. The third-order valence-electron chi connectivity index (χ3n) is 5.21. The van der Waals surface area contributed by atoms with Gasteiger partial charge >= 0.3 is 5.63 Å². The van der Waals surface area contributed by atoms with Crippen LogP contribution < -0.4 is 20.6 Å². The first kappa shape index (κ1) is 18.1. The topological polar surface area (TPSA) is 71.8 Å². The summed E-state index contributed by atoms with van der Waals surface area (Å²) in [5.74, 6) is 0.477. The van der Waals surface area contributed by atoms with Crippen molar-refractivity contribution in [3.63, 3.8) is 0 Å². The van der Waals surface area contributed by atoms with Gasteiger partial charge in [-0.2, -0.15) is 0 Å². The molecule has 1 N–H and O–H groups in total. The quantitative estimate of drug-likeness (QED) is 0.710. The van der Waals surface area contributed by atoms with Gasteiger partial charge in [-0.25, -0.2) is 4.79 Å². The van der Waals surface area contributed by atoms with E-state index >= 15 is 0 Å². The third kappa shape index (κ3) is 3.22. The normalized spacial score (nSPS) is 15.8. The average Bonchev–Trinajstić information content (AvgIpc) is 2.68. The highest BCUT2D eigenvalue weighted by Gasteiger charge is 2.30. The minimum atomic E-state index is -0.615. The number of fused-ring (bicyclic) bond motifs is 2. The zero-order valence-electron chi connectivity index (χ0n) is 16.1. The first-order valence-corrected chi connectivity index (χ1v) is 9.22. The molecule has 144 valence electrons. The standard InChI is InChI=1S/C22H22N2O4/c1-13-8-16-15(10-21(25)28-19(16)9-14(13)2)11-24-12-20(22(26)23-3)27-18-7-5-4-6-17(18)24/h4-10,20H,11-12H2,1-3H3,(H,23,26). The molecule has 1 unspecified atom stereocenters. The summed E-state index contributed by atoms with van der Waals surface area (Å²) in [5.41, 5.74) is 4.16. The highest BCUT2D eigenvalue weighted by atomic mass is 16.5. The van der Waals surface area contributed by atoms with Crippen LogP contribution in [0.5, 0.6) is 5.75 Å². The van der Waals surface area contributed by atoms with E-state index in [-0.39, 0.29) is 11.5 Å². The molecule has 0 saturated heterocycles. The fourth-order valence-electron chi connectivity index (χ4n) is 3.57. The molecule has 2 aromatic carbocycles. The fourth-order valence-corrected chi connectivity index (χ4v) is 3.57. The SMILES string of the molecule is CNC(=O)C1CN(Cc2cc(=O)oc3cc(C)c(C)cc23)c2ccccc2O1. The van der Waals surface area contributed by atoms with Gasteiger partial charge in [-0.1, -0.05) is 12.1 Å². The maximum atomic E-state index is 12.2. The molecule has 4 rings (SSSR count). The summed E-state index contributed by atoms with van der Waals surface area (Å²) in [6, 6.07) is 13.1. The lowest BCUT2D eigenvalue weighted by atomic mass is 10.0. The van der Waals surface area contributed by atoms with Crippen LogP contribution in [0.25, 0.3) is 11.0 Å². The predicted molar refractivity (Wildman–Crippen MR) is 108 cm³/mol. The lowest BCUT2D eigenvalue weighted by molar-refractivity contribution is -0.127. The molecular weight excluding hydrogens is 356 g/mol. The molecule has 3 aromatic rings. The van der Waals surface area contributed by atoms with Crippen LogP contribution in [0, 0.1) is 13.8 Å². The number of ether oxygens (including phenoxy) is 1. The van der Waals surface area contributed by atoms with Gasteiger partial charge in [-0.3, -0.25) is 4.79 Å². The Hall–Kier alpha value is -3.28. The number of hydrogen-bond donors (Lipinski definition) is 1. The van der Waals surface area contributed by atoms with Gasteiger partial charge in [0.15, 0.2) is 6.10 Å². The van der Waals surface area contributed by atoms with E-state index in [2.05, 4.69) is 10.2 Å². The lowest BCUT2D eigenvalue weighted by Gasteiger charge is -2.35. The predicted octanol–water partition coefficient (Wildman–Crippen LogP) is 2.92. The van der Waals surface area contributed by atoms with E-state index in [1.807, 2.05) is 50.2 Å². The summed E-state index contributed by atoms with van der Waals surface area (Å²) in [6.45, 7) is 4.89. The van der Waals surface area contributed by atoms with Gasteiger partial charge in [-0.15, -0.1) is 0 Å². The van der Waals surface area contributed by atoms with Gasteiger partial charge in [0.2, 0.25) is 0 Å². The van der Waals surface area contributed by atoms with Crippen molar-refractivity contribution in [2.45, 2.75) is 26.5 Å². The van der Waals surface area contributed by atoms with Crippen molar-refractivity contribution in [2.75, 3.05) is 18.5 Å². The molecule has 1 amide bonds. The number of carbonyl (C=O) groups is 1. The van der Waals surface area contributed by atoms with E-state index < -0.39 is 6.10 Å². The van der Waals surface area contributed by atoms with E-state index in [4.69, 9.17) is 9.15 Å². The molecule has 1 atom stereocenters. The number of carbonyl (C=O) groups excluding carboxylic acids is 1. The Morgan fingerprint density at radius 2 is 1.93 bits per heavy atom. The van der Waals surface area contributed by atoms with Gasteiger partial charge in [0, 0.05) is 25.0 Å². The average molecular weight is 378 g/mol. The van der Waals surface area contributed by atoms with Crippen LogP contribution >= 0.6 is 0 Å². The van der Waals surface area contributed by atoms with E-state index in [1.165, 1.54) is 6.07 Å². The Bertz CT molecular complexity index is 1120. The third-order valence-corrected chi connectivity index (χ3v) is 5.21. The summed E-state index contributed by atoms with van der Waals surface area (Å²) < 4.78 is 11.3. The van der Waals surface area contributed by atoms with Crippen molar-refractivity contribution >= 4 is 22.6 Å². The van der Waals surface area contributed by atoms with Gasteiger partial charge in [-0.05, 0) is 54.8 Å². The molecule has 28 heavy (non-hydrogen) atoms. The van der Waals surface area contributed by atoms with Crippen LogP contribution in [0.3, 0.4) is 0 Å². The van der Waals surface area contributed by atoms with E-state index in [0.717, 1.165) is 27.8 Å². The van der Waals surface area contributed by atoms with Crippen LogP contribution in [0.4, 0.5) is 5.69 Å². The van der Waals surface area contributed by atoms with E-state index in [1.54, 1.807) is 7.05 Å². The van der Waals surface area contributed by atoms with Crippen LogP contribution in [-0.2, 0) is 11.3 Å². The first-order valence-electron chi connectivity index (χ1n) is 9.22. The molecule has 1 aliphatic heterocycles. The number of hydrogen-bond acceptors (Lipinski definition) is 5. The number of amides is 1. The number of nitrogens with zero attached hydrogens (tertiary/aromatic N) is 1. The lowest BCUT2D eigenvalue weighted by Crippen LogP contribution is -2.48. The molecule has 6 nitrogen and oxygen atoms in total. The minimum Gasteiger partial charge on any atom is -0.477 e. The Morgan fingerprint density at radius 3 is 2.71 bits per heavy atom. The Balaban J connectivity index is 1.79. The summed E-state index contributed by atoms with van der Waals surface area (Å²) in [6.07, 6.45) is -0.615. The maximum absolute atomic E-state index is 12.2. The van der Waals surface area contributed by atoms with Crippen molar-refractivity contribution in [3.05, 3.63) is 69.6 Å². The number of anilines is 1. The largest absolute Gasteiger partial charge is 0.477 e. The van der Waals surface area contributed by atoms with E-state index in [0.29, 0.717) is 24.4 Å². The molecule has 0 radical (unpaired) electrons. The molecule has 1 aromatic heterocycles. The second kappa shape index (κ2) is 7.03. The molecule has 6 heteroatoms. The summed E-state index contributed by atoms with van der Waals surface area (Å²) in [5, 5.41) is 3.55. The Kier molecular flexibility index (Phi) is 4.55. The molecule has 0 aliphatic carbocycles. The van der Waals surface area contributed by atoms with Crippen LogP contribution in [0.2, 0.25) is 0 Å². The fraction of sp³-hybridized carbons (Fsp3) is 0.273. The zero-order valence-corrected chi connectivity index (χ0v) is 16.1. The number of likely N-dealkylation sites (N-methyl/N-ethyl adjacent to an activating group) is 1. The number of para-hydroxylation sites is 2. The zero-order chi connectivity index (χ0) is 19.8. The maximum Gasteiger partial charge on any atom is 0.336 e. The molecule has 0 saturated carbocycles. The van der Waals surface area contributed by atoms with E-state index in [9.17, 15) is 9.59 Å². The van der Waals surface area contributed by atoms with Gasteiger partial charge < -0.3 is 19.4 Å². The number of rotatable bonds is 3. The summed E-state index contributed by atoms with van der Waals surface area (Å²) >= 11 is 0. The van der Waals surface area contributed by atoms with Crippen molar-refractivity contribution in [1.29, 1.82) is 0 Å². The summed E-state index contributed by atoms with van der Waals surface area (Å²) in [4.78, 5) is 26.4. The van der Waals surface area contributed by atoms with Crippen molar-refractivity contribution in [1.82, 2.24) is 5.32 Å². The van der Waals surface area contributed by atoms with Gasteiger partial charge in [0.05, 0.1) is 12.2 Å². The molecule has 2 heterocycles. The molecular formula is C22H22N2O4. The first-order chi connectivity index (χ1) is 13.5. The Morgan fingerprint density at radius 1 is 1.18 bits per heavy atom. The van der Waals surface area contributed by atoms with Crippen LogP contribution in [0.15, 0.2) is 51.7 Å². The monoisotopic (exact) mass is 378 g/mol. The Labute approximate surface area is 162 Å². The molecule has 0 spiro atoms. The number of aryl methyl sites for hydroxylation is 2. The molecule has 0 fully saturated rings. The smallest absolute Gasteiger partial charge is 0.336 e. The molecule has 0 bridgehead atoms. The second-order valence-corrected chi connectivity index (χ2v) is 7.09. The van der Waals surface area contributed by atoms with Crippen molar-refractivity contribution in [2.24, 2.45) is 0 Å². The number of nitrogens with one attached hydrogen (secondary N) is 1. The van der Waals surface area contributed by atoms with Gasteiger partial charge in [0.25, 0.3) is 5.91 Å². The number of benzene rings is 2. The minimum absolute atomic E-state index is 0.177.